The lowest BCUT2D eigenvalue weighted by Gasteiger charge is -2.35. The van der Waals surface area contributed by atoms with Gasteiger partial charge in [-0.15, -0.1) is 0 Å². The quantitative estimate of drug-likeness (QED) is 0.467. The molecule has 1 fully saturated rings. The molecule has 0 radical (unpaired) electrons. The van der Waals surface area contributed by atoms with Crippen LogP contribution >= 0.6 is 0 Å². The Labute approximate surface area is 197 Å². The summed E-state index contributed by atoms with van der Waals surface area (Å²) < 4.78 is 0. The van der Waals surface area contributed by atoms with E-state index in [1.807, 2.05) is 53.4 Å². The van der Waals surface area contributed by atoms with E-state index >= 15 is 0 Å². The number of amides is 2. The Morgan fingerprint density at radius 1 is 0.941 bits per heavy atom. The van der Waals surface area contributed by atoms with Crippen LogP contribution in [0.15, 0.2) is 73.3 Å². The summed E-state index contributed by atoms with van der Waals surface area (Å²) in [5.41, 5.74) is 2.25. The number of hydrogen-bond donors (Lipinski definition) is 2. The molecule has 0 atom stereocenters. The predicted octanol–water partition coefficient (Wildman–Crippen LogP) is 2.89. The number of pyridine rings is 1. The van der Waals surface area contributed by atoms with E-state index in [0.717, 1.165) is 27.8 Å². The van der Waals surface area contributed by atoms with Gasteiger partial charge in [0.2, 0.25) is 0 Å². The fourth-order valence-electron chi connectivity index (χ4n) is 4.26. The van der Waals surface area contributed by atoms with Gasteiger partial charge in [0.25, 0.3) is 11.8 Å². The summed E-state index contributed by atoms with van der Waals surface area (Å²) in [7, 11) is 0. The minimum atomic E-state index is -0.149. The van der Waals surface area contributed by atoms with E-state index in [0.29, 0.717) is 44.7 Å². The van der Waals surface area contributed by atoms with Crippen LogP contribution in [0.1, 0.15) is 26.4 Å². The molecule has 1 saturated heterocycles. The minimum Gasteiger partial charge on any atom is -0.353 e. The van der Waals surface area contributed by atoms with E-state index in [4.69, 9.17) is 0 Å². The van der Waals surface area contributed by atoms with Crippen LogP contribution in [0.3, 0.4) is 0 Å². The number of benzene rings is 2. The molecule has 5 rings (SSSR count). The molecular formula is C26H26N6O2. The molecule has 2 N–H and O–H groups in total. The summed E-state index contributed by atoms with van der Waals surface area (Å²) in [5.74, 6) is 0.724. The number of aromatic nitrogens is 3. The fraction of sp³-hybridized carbons (Fsp3) is 0.231. The van der Waals surface area contributed by atoms with Gasteiger partial charge in [-0.2, -0.15) is 0 Å². The average Bonchev–Trinajstić information content (AvgIpc) is 3.42. The SMILES string of the molecule is O=C(NCCc1cnc[nH]1)c1ccc(N2CCN(C(=O)c3cccc4ccccc34)CC2)nc1. The van der Waals surface area contributed by atoms with Crippen molar-refractivity contribution in [3.05, 3.63) is 90.1 Å². The molecule has 4 aromatic rings. The third-order valence-electron chi connectivity index (χ3n) is 6.16. The van der Waals surface area contributed by atoms with Crippen molar-refractivity contribution in [2.75, 3.05) is 37.6 Å². The molecular weight excluding hydrogens is 428 g/mol. The zero-order valence-corrected chi connectivity index (χ0v) is 18.8. The summed E-state index contributed by atoms with van der Waals surface area (Å²) in [6.07, 6.45) is 5.67. The smallest absolute Gasteiger partial charge is 0.254 e. The van der Waals surface area contributed by atoms with Crippen molar-refractivity contribution in [2.24, 2.45) is 0 Å². The molecule has 2 aromatic heterocycles. The first kappa shape index (κ1) is 21.6. The van der Waals surface area contributed by atoms with Crippen LogP contribution in [0.25, 0.3) is 10.8 Å². The van der Waals surface area contributed by atoms with Crippen LogP contribution in [-0.4, -0.2) is 64.4 Å². The summed E-state index contributed by atoms with van der Waals surface area (Å²) >= 11 is 0. The normalized spacial score (nSPS) is 13.8. The molecule has 3 heterocycles. The molecule has 2 amide bonds. The van der Waals surface area contributed by atoms with Gasteiger partial charge in [0.15, 0.2) is 0 Å². The van der Waals surface area contributed by atoms with E-state index in [-0.39, 0.29) is 11.8 Å². The summed E-state index contributed by atoms with van der Waals surface area (Å²) in [6, 6.07) is 17.5. The number of aromatic amines is 1. The van der Waals surface area contributed by atoms with Gasteiger partial charge >= 0.3 is 0 Å². The Balaban J connectivity index is 1.16. The highest BCUT2D eigenvalue weighted by Gasteiger charge is 2.24. The number of fused-ring (bicyclic) bond motifs is 1. The van der Waals surface area contributed by atoms with Gasteiger partial charge in [0.1, 0.15) is 5.82 Å². The van der Waals surface area contributed by atoms with Crippen LogP contribution in [0.4, 0.5) is 5.82 Å². The van der Waals surface area contributed by atoms with Gasteiger partial charge < -0.3 is 20.1 Å². The zero-order valence-electron chi connectivity index (χ0n) is 18.8. The molecule has 0 unspecified atom stereocenters. The second-order valence-corrected chi connectivity index (χ2v) is 8.29. The first-order valence-corrected chi connectivity index (χ1v) is 11.4. The lowest BCUT2D eigenvalue weighted by atomic mass is 10.0. The Morgan fingerprint density at radius 3 is 2.53 bits per heavy atom. The minimum absolute atomic E-state index is 0.0616. The number of piperazine rings is 1. The van der Waals surface area contributed by atoms with E-state index < -0.39 is 0 Å². The fourth-order valence-corrected chi connectivity index (χ4v) is 4.26. The molecule has 0 bridgehead atoms. The predicted molar refractivity (Wildman–Crippen MR) is 131 cm³/mol. The number of nitrogens with zero attached hydrogens (tertiary/aromatic N) is 4. The maximum Gasteiger partial charge on any atom is 0.254 e. The molecule has 8 heteroatoms. The lowest BCUT2D eigenvalue weighted by molar-refractivity contribution is 0.0748. The van der Waals surface area contributed by atoms with Crippen molar-refractivity contribution in [3.8, 4) is 0 Å². The van der Waals surface area contributed by atoms with Gasteiger partial charge in [-0.25, -0.2) is 9.97 Å². The number of imidazole rings is 1. The van der Waals surface area contributed by atoms with E-state index in [1.165, 1.54) is 0 Å². The van der Waals surface area contributed by atoms with Crippen molar-refractivity contribution < 1.29 is 9.59 Å². The standard InChI is InChI=1S/C26H26N6O2/c33-25(28-11-10-21-17-27-18-30-21)20-8-9-24(29-16-20)31-12-14-32(15-13-31)26(34)23-7-3-5-19-4-1-2-6-22(19)23/h1-9,16-18H,10-15H2,(H,27,30)(H,28,33). The van der Waals surface area contributed by atoms with E-state index in [2.05, 4.69) is 25.2 Å². The molecule has 0 spiro atoms. The maximum absolute atomic E-state index is 13.2. The molecule has 8 nitrogen and oxygen atoms in total. The second kappa shape index (κ2) is 9.74. The number of carbonyl (C=O) groups excluding carboxylic acids is 2. The summed E-state index contributed by atoms with van der Waals surface area (Å²) in [6.45, 7) is 3.16. The molecule has 2 aromatic carbocycles. The van der Waals surface area contributed by atoms with Gasteiger partial charge in [-0.3, -0.25) is 9.59 Å². The Bertz CT molecular complexity index is 1270. The Hall–Kier alpha value is -4.20. The van der Waals surface area contributed by atoms with Gasteiger partial charge in [-0.05, 0) is 29.0 Å². The third kappa shape index (κ3) is 4.61. The van der Waals surface area contributed by atoms with Crippen molar-refractivity contribution in [3.63, 3.8) is 0 Å². The van der Waals surface area contributed by atoms with Crippen molar-refractivity contribution in [2.45, 2.75) is 6.42 Å². The van der Waals surface area contributed by atoms with Crippen molar-refractivity contribution in [1.29, 1.82) is 0 Å². The van der Waals surface area contributed by atoms with Crippen LogP contribution in [0, 0.1) is 0 Å². The highest BCUT2D eigenvalue weighted by atomic mass is 16.2. The molecule has 172 valence electrons. The molecule has 1 aliphatic rings. The number of H-pyrrole nitrogens is 1. The summed E-state index contributed by atoms with van der Waals surface area (Å²) in [4.78, 5) is 41.1. The van der Waals surface area contributed by atoms with Crippen LogP contribution in [0.2, 0.25) is 0 Å². The topological polar surface area (TPSA) is 94.2 Å². The number of nitrogens with one attached hydrogen (secondary N) is 2. The van der Waals surface area contributed by atoms with Gasteiger partial charge in [-0.1, -0.05) is 36.4 Å². The van der Waals surface area contributed by atoms with Gasteiger partial charge in [0.05, 0.1) is 11.9 Å². The first-order valence-electron chi connectivity index (χ1n) is 11.4. The second-order valence-electron chi connectivity index (χ2n) is 8.29. The molecule has 0 saturated carbocycles. The number of hydrogen-bond acceptors (Lipinski definition) is 5. The first-order chi connectivity index (χ1) is 16.7. The molecule has 0 aliphatic carbocycles. The molecule has 34 heavy (non-hydrogen) atoms. The van der Waals surface area contributed by atoms with E-state index in [1.54, 1.807) is 24.8 Å². The highest BCUT2D eigenvalue weighted by Crippen LogP contribution is 2.21. The van der Waals surface area contributed by atoms with Crippen molar-refractivity contribution in [1.82, 2.24) is 25.2 Å². The number of carbonyl (C=O) groups is 2. The Kier molecular flexibility index (Phi) is 6.20. The van der Waals surface area contributed by atoms with Gasteiger partial charge in [0, 0.05) is 62.8 Å². The average molecular weight is 455 g/mol. The Morgan fingerprint density at radius 2 is 1.76 bits per heavy atom. The number of rotatable bonds is 6. The maximum atomic E-state index is 13.2. The van der Waals surface area contributed by atoms with Crippen LogP contribution in [0.5, 0.6) is 0 Å². The monoisotopic (exact) mass is 454 g/mol. The zero-order chi connectivity index (χ0) is 23.3. The lowest BCUT2D eigenvalue weighted by Crippen LogP contribution is -2.49. The largest absolute Gasteiger partial charge is 0.353 e. The summed E-state index contributed by atoms with van der Waals surface area (Å²) in [5, 5.41) is 4.95. The van der Waals surface area contributed by atoms with Crippen LogP contribution < -0.4 is 10.2 Å². The molecule has 1 aliphatic heterocycles. The third-order valence-corrected chi connectivity index (χ3v) is 6.16. The number of anilines is 1. The van der Waals surface area contributed by atoms with Crippen LogP contribution in [-0.2, 0) is 6.42 Å². The highest BCUT2D eigenvalue weighted by molar-refractivity contribution is 6.07. The van der Waals surface area contributed by atoms with E-state index in [9.17, 15) is 9.59 Å². The van der Waals surface area contributed by atoms with Crippen molar-refractivity contribution >= 4 is 28.4 Å².